The minimum Gasteiger partial charge on any atom is -0.493 e. The van der Waals surface area contributed by atoms with E-state index in [4.69, 9.17) is 14.2 Å². The molecule has 0 bridgehead atoms. The van der Waals surface area contributed by atoms with E-state index in [0.717, 1.165) is 12.8 Å². The average Bonchev–Trinajstić information content (AvgIpc) is 2.72. The number of ether oxygens (including phenoxy) is 3. The molecule has 1 heterocycles. The second-order valence-electron chi connectivity index (χ2n) is 6.12. The van der Waals surface area contributed by atoms with E-state index in [2.05, 4.69) is 15.3 Å². The third-order valence-electron chi connectivity index (χ3n) is 4.08. The molecule has 8 heteroatoms. The molecular weight excluding hydrogens is 360 g/mol. The number of methoxy groups -OCH3 is 3. The van der Waals surface area contributed by atoms with Crippen molar-refractivity contribution in [3.63, 3.8) is 0 Å². The Bertz CT molecular complexity index is 749. The third kappa shape index (κ3) is 5.03. The van der Waals surface area contributed by atoms with Crippen LogP contribution in [0.4, 0.5) is 11.5 Å². The van der Waals surface area contributed by atoms with Crippen LogP contribution in [0.15, 0.2) is 24.5 Å². The smallest absolute Gasteiger partial charge is 0.274 e. The van der Waals surface area contributed by atoms with Crippen LogP contribution in [-0.4, -0.2) is 55.2 Å². The van der Waals surface area contributed by atoms with Gasteiger partial charge < -0.3 is 24.4 Å². The van der Waals surface area contributed by atoms with Crippen molar-refractivity contribution in [3.8, 4) is 17.2 Å². The minimum atomic E-state index is -0.101. The quantitative estimate of drug-likeness (QED) is 0.666. The fourth-order valence-corrected chi connectivity index (χ4v) is 2.82. The maximum atomic E-state index is 12.6. The Morgan fingerprint density at radius 2 is 1.57 bits per heavy atom. The number of nitrogens with one attached hydrogen (secondary N) is 1. The molecular formula is C20H28N4O4. The maximum absolute atomic E-state index is 12.6. The number of hydrogen-bond acceptors (Lipinski definition) is 7. The average molecular weight is 388 g/mol. The summed E-state index contributed by atoms with van der Waals surface area (Å²) in [5, 5.41) is 3.14. The zero-order valence-corrected chi connectivity index (χ0v) is 17.1. The lowest BCUT2D eigenvalue weighted by Crippen LogP contribution is -2.33. The summed E-state index contributed by atoms with van der Waals surface area (Å²) < 4.78 is 16.0. The van der Waals surface area contributed by atoms with E-state index in [-0.39, 0.29) is 5.91 Å². The molecule has 0 unspecified atom stereocenters. The predicted molar refractivity (Wildman–Crippen MR) is 108 cm³/mol. The largest absolute Gasteiger partial charge is 0.493 e. The molecule has 152 valence electrons. The number of benzene rings is 1. The van der Waals surface area contributed by atoms with Crippen LogP contribution in [0.25, 0.3) is 0 Å². The van der Waals surface area contributed by atoms with Crippen LogP contribution in [0.3, 0.4) is 0 Å². The van der Waals surface area contributed by atoms with Gasteiger partial charge in [0, 0.05) is 30.9 Å². The predicted octanol–water partition coefficient (Wildman–Crippen LogP) is 3.51. The van der Waals surface area contributed by atoms with Gasteiger partial charge in [-0.2, -0.15) is 0 Å². The van der Waals surface area contributed by atoms with E-state index in [9.17, 15) is 4.79 Å². The van der Waals surface area contributed by atoms with Gasteiger partial charge in [-0.25, -0.2) is 9.97 Å². The normalized spacial score (nSPS) is 10.3. The first-order valence-corrected chi connectivity index (χ1v) is 9.26. The molecule has 2 rings (SSSR count). The number of rotatable bonds is 10. The summed E-state index contributed by atoms with van der Waals surface area (Å²) in [4.78, 5) is 23.0. The summed E-state index contributed by atoms with van der Waals surface area (Å²) in [7, 11) is 4.66. The van der Waals surface area contributed by atoms with Crippen LogP contribution in [0, 0.1) is 0 Å². The molecule has 0 aliphatic carbocycles. The van der Waals surface area contributed by atoms with Crippen LogP contribution >= 0.6 is 0 Å². The van der Waals surface area contributed by atoms with E-state index in [1.807, 2.05) is 13.8 Å². The molecule has 0 saturated heterocycles. The molecule has 0 fully saturated rings. The summed E-state index contributed by atoms with van der Waals surface area (Å²) in [5.41, 5.74) is 1.03. The van der Waals surface area contributed by atoms with Gasteiger partial charge >= 0.3 is 0 Å². The molecule has 1 N–H and O–H groups in total. The summed E-state index contributed by atoms with van der Waals surface area (Å²) in [6, 6.07) is 3.54. The van der Waals surface area contributed by atoms with Crippen molar-refractivity contribution < 1.29 is 19.0 Å². The van der Waals surface area contributed by atoms with Crippen molar-refractivity contribution in [3.05, 3.63) is 30.2 Å². The molecule has 1 amide bonds. The van der Waals surface area contributed by atoms with Crippen molar-refractivity contribution in [1.82, 2.24) is 14.9 Å². The monoisotopic (exact) mass is 388 g/mol. The number of carbonyl (C=O) groups excluding carboxylic acids is 1. The lowest BCUT2D eigenvalue weighted by Gasteiger charge is -2.20. The Morgan fingerprint density at radius 1 is 0.964 bits per heavy atom. The lowest BCUT2D eigenvalue weighted by atomic mass is 10.2. The highest BCUT2D eigenvalue weighted by Crippen LogP contribution is 2.40. The molecule has 8 nitrogen and oxygen atoms in total. The van der Waals surface area contributed by atoms with Crippen molar-refractivity contribution in [1.29, 1.82) is 0 Å². The minimum absolute atomic E-state index is 0.101. The van der Waals surface area contributed by atoms with E-state index in [1.165, 1.54) is 12.4 Å². The zero-order chi connectivity index (χ0) is 20.5. The zero-order valence-electron chi connectivity index (χ0n) is 17.1. The third-order valence-corrected chi connectivity index (χ3v) is 4.08. The van der Waals surface area contributed by atoms with Crippen molar-refractivity contribution >= 4 is 17.4 Å². The highest BCUT2D eigenvalue weighted by molar-refractivity contribution is 5.92. The fraction of sp³-hybridized carbons (Fsp3) is 0.450. The molecule has 1 aromatic heterocycles. The molecule has 0 atom stereocenters. The Morgan fingerprint density at radius 3 is 2.00 bits per heavy atom. The Kier molecular flexibility index (Phi) is 7.86. The molecule has 0 radical (unpaired) electrons. The Labute approximate surface area is 165 Å². The maximum Gasteiger partial charge on any atom is 0.274 e. The van der Waals surface area contributed by atoms with Gasteiger partial charge in [0.05, 0.1) is 33.7 Å². The molecule has 0 spiro atoms. The SMILES string of the molecule is CCCN(CCC)C(=O)c1cnc(Nc2cc(OC)c(OC)c(OC)c2)cn1. The van der Waals surface area contributed by atoms with E-state index in [0.29, 0.717) is 47.5 Å². The topological polar surface area (TPSA) is 85.8 Å². The van der Waals surface area contributed by atoms with Crippen LogP contribution in [0.1, 0.15) is 37.2 Å². The second kappa shape index (κ2) is 10.3. The van der Waals surface area contributed by atoms with Crippen LogP contribution in [0.5, 0.6) is 17.2 Å². The molecule has 0 aliphatic rings. The molecule has 0 saturated carbocycles. The van der Waals surface area contributed by atoms with Gasteiger partial charge in [-0.3, -0.25) is 4.79 Å². The van der Waals surface area contributed by atoms with Gasteiger partial charge in [0.1, 0.15) is 11.5 Å². The summed E-state index contributed by atoms with van der Waals surface area (Å²) in [5.74, 6) is 1.96. The van der Waals surface area contributed by atoms with Gasteiger partial charge in [-0.15, -0.1) is 0 Å². The van der Waals surface area contributed by atoms with E-state index >= 15 is 0 Å². The number of amides is 1. The number of anilines is 2. The first-order chi connectivity index (χ1) is 13.6. The fourth-order valence-electron chi connectivity index (χ4n) is 2.82. The standard InChI is InChI=1S/C20H28N4O4/c1-6-8-24(9-7-2)20(25)15-12-22-18(13-21-15)23-14-10-16(26-3)19(28-5)17(11-14)27-4/h10-13H,6-9H2,1-5H3,(H,22,23). The second-order valence-corrected chi connectivity index (χ2v) is 6.12. The number of hydrogen-bond donors (Lipinski definition) is 1. The molecule has 0 aliphatic heterocycles. The van der Waals surface area contributed by atoms with E-state index < -0.39 is 0 Å². The van der Waals surface area contributed by atoms with Gasteiger partial charge in [0.25, 0.3) is 5.91 Å². The van der Waals surface area contributed by atoms with Gasteiger partial charge in [-0.05, 0) is 12.8 Å². The summed E-state index contributed by atoms with van der Waals surface area (Å²) in [6.45, 7) is 5.51. The summed E-state index contributed by atoms with van der Waals surface area (Å²) >= 11 is 0. The molecule has 28 heavy (non-hydrogen) atoms. The number of aromatic nitrogens is 2. The van der Waals surface area contributed by atoms with Crippen LogP contribution in [0.2, 0.25) is 0 Å². The Hall–Kier alpha value is -3.03. The lowest BCUT2D eigenvalue weighted by molar-refractivity contribution is 0.0749. The van der Waals surface area contributed by atoms with Crippen molar-refractivity contribution in [2.75, 3.05) is 39.7 Å². The van der Waals surface area contributed by atoms with Gasteiger partial charge in [-0.1, -0.05) is 13.8 Å². The highest BCUT2D eigenvalue weighted by Gasteiger charge is 2.17. The summed E-state index contributed by atoms with van der Waals surface area (Å²) in [6.07, 6.45) is 4.83. The molecule has 2 aromatic rings. The number of carbonyl (C=O) groups is 1. The first kappa shape index (κ1) is 21.3. The van der Waals surface area contributed by atoms with Crippen LogP contribution in [-0.2, 0) is 0 Å². The van der Waals surface area contributed by atoms with Gasteiger partial charge in [0.15, 0.2) is 11.5 Å². The number of nitrogens with zero attached hydrogens (tertiary/aromatic N) is 3. The van der Waals surface area contributed by atoms with Crippen molar-refractivity contribution in [2.24, 2.45) is 0 Å². The van der Waals surface area contributed by atoms with Crippen molar-refractivity contribution in [2.45, 2.75) is 26.7 Å². The van der Waals surface area contributed by atoms with E-state index in [1.54, 1.807) is 38.4 Å². The highest BCUT2D eigenvalue weighted by atomic mass is 16.5. The first-order valence-electron chi connectivity index (χ1n) is 9.26. The van der Waals surface area contributed by atoms with Crippen LogP contribution < -0.4 is 19.5 Å². The van der Waals surface area contributed by atoms with Gasteiger partial charge in [0.2, 0.25) is 5.75 Å². The Balaban J connectivity index is 2.19. The molecule has 1 aromatic carbocycles.